The normalized spacial score (nSPS) is 25.3. The molecule has 1 N–H and O–H groups in total. The minimum atomic E-state index is -0.852. The van der Waals surface area contributed by atoms with Crippen molar-refractivity contribution in [3.05, 3.63) is 35.4 Å². The number of rotatable bonds is 4. The fourth-order valence-electron chi connectivity index (χ4n) is 3.28. The van der Waals surface area contributed by atoms with Crippen LogP contribution in [0.3, 0.4) is 0 Å². The summed E-state index contributed by atoms with van der Waals surface area (Å²) in [6, 6.07) is 8.02. The lowest BCUT2D eigenvalue weighted by Crippen LogP contribution is -2.53. The van der Waals surface area contributed by atoms with Crippen LogP contribution in [0.5, 0.6) is 0 Å². The van der Waals surface area contributed by atoms with E-state index in [0.717, 1.165) is 11.1 Å². The molecule has 0 aliphatic carbocycles. The topological polar surface area (TPSA) is 70.1 Å². The molecule has 0 radical (unpaired) electrons. The van der Waals surface area contributed by atoms with E-state index in [1.54, 1.807) is 0 Å². The number of aryl methyl sites for hydroxylation is 1. The number of ether oxygens (including phenoxy) is 1. The first kappa shape index (κ1) is 15.0. The van der Waals surface area contributed by atoms with Gasteiger partial charge in [0.2, 0.25) is 5.91 Å². The number of likely N-dealkylation sites (tertiary alicyclic amines) is 1. The van der Waals surface area contributed by atoms with Gasteiger partial charge in [-0.15, -0.1) is 0 Å². The summed E-state index contributed by atoms with van der Waals surface area (Å²) in [6.45, 7) is 3.75. The molecule has 1 aromatic rings. The highest BCUT2D eigenvalue weighted by Gasteiger charge is 2.43. The Bertz CT molecular complexity index is 589. The van der Waals surface area contributed by atoms with E-state index in [0.29, 0.717) is 19.6 Å². The lowest BCUT2D eigenvalue weighted by atomic mass is 10.1. The fourth-order valence-corrected chi connectivity index (χ4v) is 3.28. The van der Waals surface area contributed by atoms with Crippen molar-refractivity contribution >= 4 is 11.9 Å². The van der Waals surface area contributed by atoms with Crippen LogP contribution in [0.1, 0.15) is 11.1 Å². The van der Waals surface area contributed by atoms with Crippen LogP contribution < -0.4 is 0 Å². The average molecular weight is 304 g/mol. The number of aliphatic carboxylic acids is 1. The third-order valence-electron chi connectivity index (χ3n) is 4.25. The zero-order valence-corrected chi connectivity index (χ0v) is 12.6. The van der Waals surface area contributed by atoms with Crippen LogP contribution in [-0.4, -0.2) is 65.2 Å². The molecule has 2 saturated heterocycles. The van der Waals surface area contributed by atoms with Crippen LogP contribution >= 0.6 is 0 Å². The molecule has 118 valence electrons. The number of hydrogen-bond donors (Lipinski definition) is 1. The van der Waals surface area contributed by atoms with Gasteiger partial charge >= 0.3 is 5.97 Å². The first-order valence-electron chi connectivity index (χ1n) is 7.43. The van der Waals surface area contributed by atoms with E-state index in [-0.39, 0.29) is 31.2 Å². The van der Waals surface area contributed by atoms with Gasteiger partial charge in [0.25, 0.3) is 0 Å². The lowest BCUT2D eigenvalue weighted by molar-refractivity contribution is -0.153. The summed E-state index contributed by atoms with van der Waals surface area (Å²) in [5.41, 5.74) is 2.25. The number of fused-ring (bicyclic) bond motifs is 1. The number of amides is 1. The second-order valence-electron chi connectivity index (χ2n) is 6.02. The van der Waals surface area contributed by atoms with Crippen LogP contribution in [0.2, 0.25) is 0 Å². The van der Waals surface area contributed by atoms with E-state index in [1.807, 2.05) is 34.9 Å². The summed E-state index contributed by atoms with van der Waals surface area (Å²) in [4.78, 5) is 26.8. The largest absolute Gasteiger partial charge is 0.480 e. The van der Waals surface area contributed by atoms with Gasteiger partial charge in [-0.2, -0.15) is 0 Å². The highest BCUT2D eigenvalue weighted by Crippen LogP contribution is 2.25. The number of carboxylic acid groups (broad SMARTS) is 1. The Morgan fingerprint density at radius 2 is 2.23 bits per heavy atom. The number of carboxylic acids is 1. The Labute approximate surface area is 129 Å². The Morgan fingerprint density at radius 1 is 1.41 bits per heavy atom. The standard InChI is InChI=1S/C16H20N2O4/c1-11-3-2-4-12(5-11)6-18-13-7-17(9-16(20)21)8-14(13)22-10-15(18)19/h2-5,13-14H,6-10H2,1H3,(H,20,21)/t13-,14-/m1/s1. The van der Waals surface area contributed by atoms with E-state index in [2.05, 4.69) is 6.07 Å². The first-order chi connectivity index (χ1) is 10.5. The highest BCUT2D eigenvalue weighted by molar-refractivity contribution is 5.79. The van der Waals surface area contributed by atoms with Gasteiger partial charge in [0, 0.05) is 19.6 Å². The molecule has 0 saturated carbocycles. The van der Waals surface area contributed by atoms with Gasteiger partial charge in [-0.1, -0.05) is 29.8 Å². The molecule has 2 aliphatic rings. The van der Waals surface area contributed by atoms with Crippen molar-refractivity contribution in [3.8, 4) is 0 Å². The summed E-state index contributed by atoms with van der Waals surface area (Å²) in [5.74, 6) is -0.880. The molecule has 0 unspecified atom stereocenters. The SMILES string of the molecule is Cc1cccc(CN2C(=O)CO[C@@H]3CN(CC(=O)O)C[C@H]32)c1. The average Bonchev–Trinajstić information content (AvgIpc) is 2.84. The van der Waals surface area contributed by atoms with Gasteiger partial charge in [-0.05, 0) is 12.5 Å². The Kier molecular flexibility index (Phi) is 4.13. The molecule has 1 amide bonds. The summed E-state index contributed by atoms with van der Waals surface area (Å²) in [5, 5.41) is 8.93. The van der Waals surface area contributed by atoms with Crippen molar-refractivity contribution in [1.82, 2.24) is 9.80 Å². The van der Waals surface area contributed by atoms with Crippen LogP contribution in [0, 0.1) is 6.92 Å². The maximum Gasteiger partial charge on any atom is 0.317 e. The number of hydrogen-bond acceptors (Lipinski definition) is 4. The zero-order valence-electron chi connectivity index (χ0n) is 12.6. The molecule has 2 fully saturated rings. The van der Waals surface area contributed by atoms with E-state index in [1.165, 1.54) is 0 Å². The molecular weight excluding hydrogens is 284 g/mol. The molecule has 6 nitrogen and oxygen atoms in total. The molecule has 3 rings (SSSR count). The van der Waals surface area contributed by atoms with Gasteiger partial charge in [0.1, 0.15) is 6.61 Å². The van der Waals surface area contributed by atoms with Gasteiger partial charge in [-0.25, -0.2) is 0 Å². The lowest BCUT2D eigenvalue weighted by Gasteiger charge is -2.36. The smallest absolute Gasteiger partial charge is 0.317 e. The van der Waals surface area contributed by atoms with Gasteiger partial charge < -0.3 is 14.7 Å². The Balaban J connectivity index is 1.74. The molecule has 0 spiro atoms. The van der Waals surface area contributed by atoms with Gasteiger partial charge in [0.05, 0.1) is 18.7 Å². The zero-order chi connectivity index (χ0) is 15.7. The number of morpholine rings is 1. The van der Waals surface area contributed by atoms with E-state index in [9.17, 15) is 9.59 Å². The molecule has 2 heterocycles. The quantitative estimate of drug-likeness (QED) is 0.877. The van der Waals surface area contributed by atoms with Crippen molar-refractivity contribution in [3.63, 3.8) is 0 Å². The maximum atomic E-state index is 12.2. The van der Waals surface area contributed by atoms with E-state index < -0.39 is 5.97 Å². The number of carbonyl (C=O) groups is 2. The highest BCUT2D eigenvalue weighted by atomic mass is 16.5. The van der Waals surface area contributed by atoms with Crippen molar-refractivity contribution in [2.75, 3.05) is 26.2 Å². The molecule has 0 aromatic heterocycles. The third-order valence-corrected chi connectivity index (χ3v) is 4.25. The predicted molar refractivity (Wildman–Crippen MR) is 79.3 cm³/mol. The second kappa shape index (κ2) is 6.06. The molecule has 22 heavy (non-hydrogen) atoms. The van der Waals surface area contributed by atoms with E-state index >= 15 is 0 Å². The van der Waals surface area contributed by atoms with Crippen LogP contribution in [0.25, 0.3) is 0 Å². The minimum absolute atomic E-state index is 0.0111. The number of carbonyl (C=O) groups excluding carboxylic acids is 1. The Morgan fingerprint density at radius 3 is 2.95 bits per heavy atom. The van der Waals surface area contributed by atoms with Crippen LogP contribution in [0.15, 0.2) is 24.3 Å². The van der Waals surface area contributed by atoms with Gasteiger partial charge in [0.15, 0.2) is 0 Å². The molecule has 0 bridgehead atoms. The number of nitrogens with zero attached hydrogens (tertiary/aromatic N) is 2. The van der Waals surface area contributed by atoms with Gasteiger partial charge in [-0.3, -0.25) is 14.5 Å². The van der Waals surface area contributed by atoms with E-state index in [4.69, 9.17) is 9.84 Å². The molecular formula is C16H20N2O4. The molecule has 6 heteroatoms. The maximum absolute atomic E-state index is 12.2. The predicted octanol–water partition coefficient (Wildman–Crippen LogP) is 0.491. The molecule has 2 atom stereocenters. The monoisotopic (exact) mass is 304 g/mol. The fraction of sp³-hybridized carbons (Fsp3) is 0.500. The first-order valence-corrected chi connectivity index (χ1v) is 7.43. The van der Waals surface area contributed by atoms with Crippen molar-refractivity contribution < 1.29 is 19.4 Å². The van der Waals surface area contributed by atoms with Crippen molar-refractivity contribution in [2.24, 2.45) is 0 Å². The molecule has 1 aromatic carbocycles. The minimum Gasteiger partial charge on any atom is -0.480 e. The number of benzene rings is 1. The summed E-state index contributed by atoms with van der Waals surface area (Å²) in [6.07, 6.45) is -0.0955. The summed E-state index contributed by atoms with van der Waals surface area (Å²) < 4.78 is 5.59. The summed E-state index contributed by atoms with van der Waals surface area (Å²) >= 11 is 0. The third kappa shape index (κ3) is 3.13. The van der Waals surface area contributed by atoms with Crippen LogP contribution in [0.4, 0.5) is 0 Å². The Hall–Kier alpha value is -1.92. The van der Waals surface area contributed by atoms with Crippen molar-refractivity contribution in [1.29, 1.82) is 0 Å². The second-order valence-corrected chi connectivity index (χ2v) is 6.02. The summed E-state index contributed by atoms with van der Waals surface area (Å²) in [7, 11) is 0. The van der Waals surface area contributed by atoms with Crippen LogP contribution in [-0.2, 0) is 20.9 Å². The van der Waals surface area contributed by atoms with Crippen molar-refractivity contribution in [2.45, 2.75) is 25.6 Å². The molecule has 2 aliphatic heterocycles.